The first kappa shape index (κ1) is 18.8. The molecule has 0 heterocycles. The van der Waals surface area contributed by atoms with E-state index in [1.807, 2.05) is 30.3 Å². The molecule has 0 amide bonds. The van der Waals surface area contributed by atoms with Crippen LogP contribution in [0.25, 0.3) is 10.8 Å². The number of fused-ring (bicyclic) bond motifs is 1. The number of rotatable bonds is 11. The Hall–Kier alpha value is -1.58. The van der Waals surface area contributed by atoms with Gasteiger partial charge in [0.15, 0.2) is 0 Å². The van der Waals surface area contributed by atoms with Crippen LogP contribution in [0.1, 0.15) is 46.0 Å². The summed E-state index contributed by atoms with van der Waals surface area (Å²) in [5.41, 5.74) is 0. The molecule has 0 radical (unpaired) electrons. The predicted octanol–water partition coefficient (Wildman–Crippen LogP) is 4.53. The Morgan fingerprint density at radius 2 is 1.83 bits per heavy atom. The summed E-state index contributed by atoms with van der Waals surface area (Å²) in [6, 6.07) is 14.6. The van der Waals surface area contributed by atoms with Gasteiger partial charge in [-0.15, -0.1) is 0 Å². The van der Waals surface area contributed by atoms with Crippen LogP contribution in [-0.2, 0) is 0 Å². The fourth-order valence-corrected chi connectivity index (χ4v) is 2.88. The number of ether oxygens (including phenoxy) is 1. The number of aliphatic hydroxyl groups is 1. The molecule has 2 N–H and O–H groups in total. The zero-order valence-electron chi connectivity index (χ0n) is 15.0. The topological polar surface area (TPSA) is 41.5 Å². The van der Waals surface area contributed by atoms with Crippen molar-refractivity contribution in [2.45, 2.75) is 58.1 Å². The first-order valence-electron chi connectivity index (χ1n) is 9.22. The van der Waals surface area contributed by atoms with Crippen LogP contribution < -0.4 is 10.1 Å². The Bertz CT molecular complexity index is 594. The van der Waals surface area contributed by atoms with Crippen LogP contribution in [0.4, 0.5) is 0 Å². The molecule has 0 aliphatic carbocycles. The van der Waals surface area contributed by atoms with E-state index in [2.05, 4.69) is 31.3 Å². The summed E-state index contributed by atoms with van der Waals surface area (Å²) in [4.78, 5) is 0. The molecule has 2 aromatic rings. The van der Waals surface area contributed by atoms with Crippen LogP contribution >= 0.6 is 0 Å². The van der Waals surface area contributed by atoms with Gasteiger partial charge in [0.25, 0.3) is 0 Å². The molecule has 2 rings (SSSR count). The van der Waals surface area contributed by atoms with Gasteiger partial charge in [-0.05, 0) is 24.8 Å². The minimum absolute atomic E-state index is 0.309. The summed E-state index contributed by atoms with van der Waals surface area (Å²) in [7, 11) is 0. The van der Waals surface area contributed by atoms with Crippen LogP contribution in [-0.4, -0.2) is 30.4 Å². The zero-order valence-corrected chi connectivity index (χ0v) is 15.0. The van der Waals surface area contributed by atoms with Crippen molar-refractivity contribution >= 4 is 10.8 Å². The van der Waals surface area contributed by atoms with Crippen molar-refractivity contribution in [1.29, 1.82) is 0 Å². The maximum atomic E-state index is 10.2. The maximum Gasteiger partial charge on any atom is 0.127 e. The highest BCUT2D eigenvalue weighted by molar-refractivity contribution is 5.88. The van der Waals surface area contributed by atoms with Gasteiger partial charge in [0.1, 0.15) is 18.5 Å². The molecular formula is C21H31NO2. The van der Waals surface area contributed by atoms with E-state index in [9.17, 15) is 5.11 Å². The van der Waals surface area contributed by atoms with Gasteiger partial charge >= 0.3 is 0 Å². The van der Waals surface area contributed by atoms with Crippen molar-refractivity contribution < 1.29 is 9.84 Å². The lowest BCUT2D eigenvalue weighted by Crippen LogP contribution is -2.36. The summed E-state index contributed by atoms with van der Waals surface area (Å²) in [5.74, 6) is 0.833. The highest BCUT2D eigenvalue weighted by atomic mass is 16.5. The van der Waals surface area contributed by atoms with Crippen molar-refractivity contribution in [3.8, 4) is 5.75 Å². The zero-order chi connectivity index (χ0) is 17.2. The Balaban J connectivity index is 1.72. The summed E-state index contributed by atoms with van der Waals surface area (Å²) in [6.45, 7) is 5.29. The third kappa shape index (κ3) is 6.14. The fourth-order valence-electron chi connectivity index (χ4n) is 2.88. The van der Waals surface area contributed by atoms with E-state index in [1.54, 1.807) is 0 Å². The fraction of sp³-hybridized carbons (Fsp3) is 0.524. The molecule has 0 saturated carbocycles. The molecular weight excluding hydrogens is 298 g/mol. The van der Waals surface area contributed by atoms with Crippen molar-refractivity contribution in [2.24, 2.45) is 0 Å². The largest absolute Gasteiger partial charge is 0.490 e. The molecule has 0 fully saturated rings. The second-order valence-corrected chi connectivity index (χ2v) is 6.60. The van der Waals surface area contributed by atoms with Crippen LogP contribution in [0.15, 0.2) is 42.5 Å². The van der Waals surface area contributed by atoms with E-state index in [4.69, 9.17) is 4.74 Å². The molecule has 132 valence electrons. The molecule has 0 saturated heterocycles. The second kappa shape index (κ2) is 10.3. The molecule has 3 nitrogen and oxygen atoms in total. The molecule has 0 unspecified atom stereocenters. The molecule has 2 aromatic carbocycles. The van der Waals surface area contributed by atoms with Crippen molar-refractivity contribution in [1.82, 2.24) is 5.32 Å². The van der Waals surface area contributed by atoms with Gasteiger partial charge in [-0.3, -0.25) is 0 Å². The summed E-state index contributed by atoms with van der Waals surface area (Å²) < 4.78 is 5.84. The van der Waals surface area contributed by atoms with Gasteiger partial charge in [0.2, 0.25) is 0 Å². The maximum absolute atomic E-state index is 10.2. The lowest BCUT2D eigenvalue weighted by Gasteiger charge is -2.18. The van der Waals surface area contributed by atoms with Gasteiger partial charge in [-0.1, -0.05) is 69.0 Å². The van der Waals surface area contributed by atoms with Crippen LogP contribution in [0.2, 0.25) is 0 Å². The highest BCUT2D eigenvalue weighted by Gasteiger charge is 2.09. The summed E-state index contributed by atoms with van der Waals surface area (Å²) in [6.07, 6.45) is 5.80. The lowest BCUT2D eigenvalue weighted by atomic mass is 10.1. The van der Waals surface area contributed by atoms with Gasteiger partial charge < -0.3 is 15.2 Å². The molecule has 24 heavy (non-hydrogen) atoms. The average Bonchev–Trinajstić information content (AvgIpc) is 2.61. The van der Waals surface area contributed by atoms with E-state index < -0.39 is 6.10 Å². The van der Waals surface area contributed by atoms with E-state index in [1.165, 1.54) is 25.7 Å². The normalized spacial score (nSPS) is 13.8. The smallest absolute Gasteiger partial charge is 0.127 e. The molecule has 0 aliphatic rings. The molecule has 2 atom stereocenters. The van der Waals surface area contributed by atoms with Gasteiger partial charge in [0.05, 0.1) is 0 Å². The van der Waals surface area contributed by atoms with Gasteiger partial charge in [-0.25, -0.2) is 0 Å². The van der Waals surface area contributed by atoms with Crippen LogP contribution in [0.3, 0.4) is 0 Å². The molecule has 0 aliphatic heterocycles. The predicted molar refractivity (Wildman–Crippen MR) is 102 cm³/mol. The van der Waals surface area contributed by atoms with E-state index in [-0.39, 0.29) is 0 Å². The third-order valence-corrected chi connectivity index (χ3v) is 4.37. The first-order valence-corrected chi connectivity index (χ1v) is 9.22. The molecule has 0 aromatic heterocycles. The van der Waals surface area contributed by atoms with Crippen molar-refractivity contribution in [2.75, 3.05) is 13.2 Å². The average molecular weight is 329 g/mol. The summed E-state index contributed by atoms with van der Waals surface area (Å²) >= 11 is 0. The van der Waals surface area contributed by atoms with E-state index in [0.717, 1.165) is 22.9 Å². The minimum Gasteiger partial charge on any atom is -0.490 e. The monoisotopic (exact) mass is 329 g/mol. The molecule has 0 bridgehead atoms. The minimum atomic E-state index is -0.498. The number of nitrogens with one attached hydrogen (secondary N) is 1. The van der Waals surface area contributed by atoms with Crippen molar-refractivity contribution in [3.05, 3.63) is 42.5 Å². The SMILES string of the molecule is CCCCCC[C@@H](C)NC[C@@H](O)COc1cccc2ccccc12. The summed E-state index contributed by atoms with van der Waals surface area (Å²) in [5, 5.41) is 15.8. The standard InChI is InChI=1S/C21H31NO2/c1-3-4-5-6-10-17(2)22-15-19(23)16-24-21-14-9-12-18-11-7-8-13-20(18)21/h7-9,11-14,17,19,22-23H,3-6,10,15-16H2,1-2H3/t17-,19-/m1/s1. The van der Waals surface area contributed by atoms with Gasteiger partial charge in [-0.2, -0.15) is 0 Å². The third-order valence-electron chi connectivity index (χ3n) is 4.37. The Morgan fingerprint density at radius 3 is 2.67 bits per heavy atom. The van der Waals surface area contributed by atoms with Crippen molar-refractivity contribution in [3.63, 3.8) is 0 Å². The quantitative estimate of drug-likeness (QED) is 0.595. The van der Waals surface area contributed by atoms with Gasteiger partial charge in [0, 0.05) is 18.0 Å². The van der Waals surface area contributed by atoms with Crippen LogP contribution in [0.5, 0.6) is 5.75 Å². The van der Waals surface area contributed by atoms with E-state index >= 15 is 0 Å². The Kier molecular flexibility index (Phi) is 8.06. The number of hydrogen-bond acceptors (Lipinski definition) is 3. The molecule has 3 heteroatoms. The van der Waals surface area contributed by atoms with E-state index in [0.29, 0.717) is 19.2 Å². The number of aliphatic hydroxyl groups excluding tert-OH is 1. The number of benzene rings is 2. The first-order chi connectivity index (χ1) is 11.7. The Labute approximate surface area is 146 Å². The number of unbranched alkanes of at least 4 members (excludes halogenated alkanes) is 3. The van der Waals surface area contributed by atoms with Crippen LogP contribution in [0, 0.1) is 0 Å². The molecule has 0 spiro atoms. The lowest BCUT2D eigenvalue weighted by molar-refractivity contribution is 0.104. The highest BCUT2D eigenvalue weighted by Crippen LogP contribution is 2.25. The second-order valence-electron chi connectivity index (χ2n) is 6.60. The number of hydrogen-bond donors (Lipinski definition) is 2. The Morgan fingerprint density at radius 1 is 1.04 bits per heavy atom.